The minimum atomic E-state index is -3.70. The summed E-state index contributed by atoms with van der Waals surface area (Å²) in [6.45, 7) is 7.67. The van der Waals surface area contributed by atoms with Gasteiger partial charge in [-0.05, 0) is 18.4 Å². The molecule has 1 aromatic heterocycles. The lowest BCUT2D eigenvalue weighted by Crippen LogP contribution is -2.42. The van der Waals surface area contributed by atoms with E-state index < -0.39 is 16.0 Å². The van der Waals surface area contributed by atoms with E-state index in [0.29, 0.717) is 0 Å². The molecule has 7 heteroatoms. The normalized spacial score (nSPS) is 14.6. The van der Waals surface area contributed by atoms with E-state index >= 15 is 0 Å². The first-order valence-corrected chi connectivity index (χ1v) is 7.31. The van der Waals surface area contributed by atoms with E-state index in [9.17, 15) is 13.2 Å². The van der Waals surface area contributed by atoms with Crippen molar-refractivity contribution in [2.75, 3.05) is 7.05 Å². The molecule has 0 bridgehead atoms. The molecule has 0 aliphatic heterocycles. The largest absolute Gasteiger partial charge is 0.477 e. The Labute approximate surface area is 113 Å². The fourth-order valence-corrected chi connectivity index (χ4v) is 3.11. The molecule has 2 N–H and O–H groups in total. The average molecular weight is 288 g/mol. The van der Waals surface area contributed by atoms with Crippen LogP contribution in [0.5, 0.6) is 0 Å². The Balaban J connectivity index is 3.13. The Hall–Kier alpha value is -1.34. The number of carbonyl (C=O) groups is 1. The molecular weight excluding hydrogens is 268 g/mol. The first-order valence-electron chi connectivity index (χ1n) is 5.87. The van der Waals surface area contributed by atoms with Gasteiger partial charge in [-0.3, -0.25) is 0 Å². The minimum absolute atomic E-state index is 0.0384. The van der Waals surface area contributed by atoms with Crippen molar-refractivity contribution in [2.24, 2.45) is 5.41 Å². The zero-order valence-electron chi connectivity index (χ0n) is 11.8. The molecule has 0 aliphatic rings. The summed E-state index contributed by atoms with van der Waals surface area (Å²) in [4.78, 5) is 13.2. The van der Waals surface area contributed by atoms with Gasteiger partial charge < -0.3 is 10.1 Å². The summed E-state index contributed by atoms with van der Waals surface area (Å²) in [5, 5.41) is 8.80. The van der Waals surface area contributed by atoms with Gasteiger partial charge in [0.25, 0.3) is 0 Å². The topological polar surface area (TPSA) is 90.5 Å². The molecular formula is C12H20N2O4S. The first-order chi connectivity index (χ1) is 8.48. The second-order valence-electron chi connectivity index (χ2n) is 5.62. The van der Waals surface area contributed by atoms with Crippen LogP contribution in [0.25, 0.3) is 0 Å². The Kier molecular flexibility index (Phi) is 4.11. The summed E-state index contributed by atoms with van der Waals surface area (Å²) in [5.41, 5.74) is -0.358. The van der Waals surface area contributed by atoms with Gasteiger partial charge >= 0.3 is 5.97 Å². The lowest BCUT2D eigenvalue weighted by molar-refractivity contribution is 0.0691. The quantitative estimate of drug-likeness (QED) is 0.883. The number of hydrogen-bond donors (Lipinski definition) is 2. The number of carboxylic acid groups (broad SMARTS) is 1. The standard InChI is InChI=1S/C12H20N2O4S/c1-8(12(2,3)4)14(5)19(17,18)9-6-10(11(15)16)13-7-9/h6-8,13H,1-5H3,(H,15,16). The van der Waals surface area contributed by atoms with Gasteiger partial charge in [-0.1, -0.05) is 20.8 Å². The number of nitrogens with one attached hydrogen (secondary N) is 1. The van der Waals surface area contributed by atoms with Gasteiger partial charge in [0.1, 0.15) is 10.6 Å². The molecule has 1 atom stereocenters. The van der Waals surface area contributed by atoms with Crippen LogP contribution in [-0.2, 0) is 10.0 Å². The number of sulfonamides is 1. The third-order valence-electron chi connectivity index (χ3n) is 3.36. The molecule has 1 heterocycles. The van der Waals surface area contributed by atoms with E-state index in [1.54, 1.807) is 0 Å². The van der Waals surface area contributed by atoms with Crippen LogP contribution in [0.2, 0.25) is 0 Å². The zero-order chi connectivity index (χ0) is 15.0. The van der Waals surface area contributed by atoms with Crippen LogP contribution < -0.4 is 0 Å². The van der Waals surface area contributed by atoms with Crippen molar-refractivity contribution >= 4 is 16.0 Å². The summed E-state index contributed by atoms with van der Waals surface area (Å²) >= 11 is 0. The third-order valence-corrected chi connectivity index (χ3v) is 5.27. The minimum Gasteiger partial charge on any atom is -0.477 e. The maximum atomic E-state index is 12.4. The van der Waals surface area contributed by atoms with Gasteiger partial charge in [0.05, 0.1) is 0 Å². The smallest absolute Gasteiger partial charge is 0.352 e. The molecule has 0 aromatic carbocycles. The molecule has 6 nitrogen and oxygen atoms in total. The van der Waals surface area contributed by atoms with Crippen LogP contribution in [0.3, 0.4) is 0 Å². The number of nitrogens with zero attached hydrogens (tertiary/aromatic N) is 1. The molecule has 0 saturated carbocycles. The Bertz CT molecular complexity index is 569. The highest BCUT2D eigenvalue weighted by atomic mass is 32.2. The maximum absolute atomic E-state index is 12.4. The van der Waals surface area contributed by atoms with Crippen molar-refractivity contribution in [1.82, 2.24) is 9.29 Å². The molecule has 19 heavy (non-hydrogen) atoms. The van der Waals surface area contributed by atoms with Crippen molar-refractivity contribution in [3.05, 3.63) is 18.0 Å². The van der Waals surface area contributed by atoms with Gasteiger partial charge in [-0.25, -0.2) is 13.2 Å². The van der Waals surface area contributed by atoms with Crippen LogP contribution in [0.4, 0.5) is 0 Å². The van der Waals surface area contributed by atoms with Crippen molar-refractivity contribution in [2.45, 2.75) is 38.6 Å². The van der Waals surface area contributed by atoms with E-state index in [1.807, 2.05) is 27.7 Å². The van der Waals surface area contributed by atoms with Crippen LogP contribution in [0.1, 0.15) is 38.2 Å². The molecule has 0 amide bonds. The molecule has 1 unspecified atom stereocenters. The highest BCUT2D eigenvalue weighted by molar-refractivity contribution is 7.89. The summed E-state index contributed by atoms with van der Waals surface area (Å²) in [7, 11) is -2.20. The number of carboxylic acids is 1. The predicted molar refractivity (Wildman–Crippen MR) is 71.6 cm³/mol. The van der Waals surface area contributed by atoms with Gasteiger partial charge in [0.2, 0.25) is 10.0 Å². The maximum Gasteiger partial charge on any atom is 0.352 e. The van der Waals surface area contributed by atoms with E-state index in [2.05, 4.69) is 4.98 Å². The predicted octanol–water partition coefficient (Wildman–Crippen LogP) is 1.77. The van der Waals surface area contributed by atoms with E-state index in [4.69, 9.17) is 5.11 Å². The molecule has 0 spiro atoms. The molecule has 1 rings (SSSR count). The Morgan fingerprint density at radius 3 is 2.32 bits per heavy atom. The summed E-state index contributed by atoms with van der Waals surface area (Å²) < 4.78 is 26.0. The van der Waals surface area contributed by atoms with Crippen LogP contribution in [0.15, 0.2) is 17.2 Å². The second-order valence-corrected chi connectivity index (χ2v) is 7.61. The highest BCUT2D eigenvalue weighted by Gasteiger charge is 2.33. The number of aromatic amines is 1. The van der Waals surface area contributed by atoms with Gasteiger partial charge in [-0.15, -0.1) is 0 Å². The summed E-state index contributed by atoms with van der Waals surface area (Å²) in [5.74, 6) is -1.19. The zero-order valence-corrected chi connectivity index (χ0v) is 12.6. The van der Waals surface area contributed by atoms with Gasteiger partial charge in [0.15, 0.2) is 0 Å². The first kappa shape index (κ1) is 15.7. The fourth-order valence-electron chi connectivity index (χ4n) is 1.57. The molecule has 0 aliphatic carbocycles. The summed E-state index contributed by atoms with van der Waals surface area (Å²) in [6, 6.07) is 0.907. The molecule has 0 fully saturated rings. The Morgan fingerprint density at radius 1 is 1.42 bits per heavy atom. The molecule has 0 saturated heterocycles. The highest BCUT2D eigenvalue weighted by Crippen LogP contribution is 2.27. The summed E-state index contributed by atoms with van der Waals surface area (Å²) in [6.07, 6.45) is 1.20. The van der Waals surface area contributed by atoms with Crippen LogP contribution >= 0.6 is 0 Å². The molecule has 1 aromatic rings. The van der Waals surface area contributed by atoms with E-state index in [0.717, 1.165) is 6.07 Å². The van der Waals surface area contributed by atoms with E-state index in [1.165, 1.54) is 17.5 Å². The van der Waals surface area contributed by atoms with E-state index in [-0.39, 0.29) is 22.0 Å². The van der Waals surface area contributed by atoms with Gasteiger partial charge in [-0.2, -0.15) is 4.31 Å². The number of H-pyrrole nitrogens is 1. The number of aromatic carboxylic acids is 1. The second kappa shape index (κ2) is 4.97. The van der Waals surface area contributed by atoms with Crippen molar-refractivity contribution < 1.29 is 18.3 Å². The lowest BCUT2D eigenvalue weighted by Gasteiger charge is -2.34. The van der Waals surface area contributed by atoms with Gasteiger partial charge in [0, 0.05) is 19.3 Å². The Morgan fingerprint density at radius 2 is 1.95 bits per heavy atom. The monoisotopic (exact) mass is 288 g/mol. The lowest BCUT2D eigenvalue weighted by atomic mass is 9.88. The van der Waals surface area contributed by atoms with Crippen LogP contribution in [-0.4, -0.2) is 41.9 Å². The van der Waals surface area contributed by atoms with Crippen molar-refractivity contribution in [1.29, 1.82) is 0 Å². The molecule has 108 valence electrons. The number of rotatable bonds is 4. The number of hydrogen-bond acceptors (Lipinski definition) is 3. The fraction of sp³-hybridized carbons (Fsp3) is 0.583. The van der Waals surface area contributed by atoms with Crippen molar-refractivity contribution in [3.63, 3.8) is 0 Å². The van der Waals surface area contributed by atoms with Crippen molar-refractivity contribution in [3.8, 4) is 0 Å². The SMILES string of the molecule is CC(N(C)S(=O)(=O)c1c[nH]c(C(=O)O)c1)C(C)(C)C. The van der Waals surface area contributed by atoms with Crippen LogP contribution in [0, 0.1) is 5.41 Å². The molecule has 0 radical (unpaired) electrons. The third kappa shape index (κ3) is 3.16. The average Bonchev–Trinajstić information content (AvgIpc) is 2.75. The number of aromatic nitrogens is 1.